The fraction of sp³-hybridized carbons (Fsp3) is 0.222. The molecule has 37 heavy (non-hydrogen) atoms. The first-order valence-corrected chi connectivity index (χ1v) is 11.6. The van der Waals surface area contributed by atoms with Crippen molar-refractivity contribution in [2.24, 2.45) is 0 Å². The van der Waals surface area contributed by atoms with E-state index in [1.54, 1.807) is 30.3 Å². The zero-order chi connectivity index (χ0) is 26.2. The van der Waals surface area contributed by atoms with Gasteiger partial charge in [-0.25, -0.2) is 14.8 Å². The van der Waals surface area contributed by atoms with E-state index in [4.69, 9.17) is 19.3 Å². The number of rotatable bonds is 12. The summed E-state index contributed by atoms with van der Waals surface area (Å²) >= 11 is 0. The largest absolute Gasteiger partial charge is 0.490 e. The molecule has 3 aromatic carbocycles. The first-order chi connectivity index (χ1) is 17.9. The van der Waals surface area contributed by atoms with E-state index in [-0.39, 0.29) is 5.75 Å². The van der Waals surface area contributed by atoms with E-state index in [0.717, 1.165) is 16.3 Å². The van der Waals surface area contributed by atoms with Gasteiger partial charge in [-0.1, -0.05) is 24.3 Å². The van der Waals surface area contributed by atoms with Crippen molar-refractivity contribution in [2.45, 2.75) is 20.0 Å². The van der Waals surface area contributed by atoms with E-state index >= 15 is 0 Å². The molecule has 10 heteroatoms. The zero-order valence-corrected chi connectivity index (χ0v) is 20.0. The van der Waals surface area contributed by atoms with Gasteiger partial charge in [0.15, 0.2) is 18.1 Å². The molecule has 0 saturated heterocycles. The van der Waals surface area contributed by atoms with Crippen LogP contribution in [0.2, 0.25) is 0 Å². The summed E-state index contributed by atoms with van der Waals surface area (Å²) in [6.45, 7) is -0.800. The molecular formula is C27H25F2N3O5. The quantitative estimate of drug-likeness (QED) is 0.261. The minimum atomic E-state index is -2.92. The second-order valence-electron chi connectivity index (χ2n) is 7.93. The Morgan fingerprint density at radius 1 is 0.973 bits per heavy atom. The van der Waals surface area contributed by atoms with Gasteiger partial charge in [-0.2, -0.15) is 8.78 Å². The van der Waals surface area contributed by atoms with Gasteiger partial charge in [0, 0.05) is 18.2 Å². The number of aliphatic carboxylic acids is 1. The molecule has 2 N–H and O–H groups in total. The van der Waals surface area contributed by atoms with Gasteiger partial charge in [-0.15, -0.1) is 0 Å². The maximum atomic E-state index is 13.0. The molecule has 0 aliphatic carbocycles. The lowest BCUT2D eigenvalue weighted by molar-refractivity contribution is -0.139. The van der Waals surface area contributed by atoms with Gasteiger partial charge in [0.1, 0.15) is 17.9 Å². The number of hydrogen-bond donors (Lipinski definition) is 2. The number of carboxylic acid groups (broad SMARTS) is 1. The summed E-state index contributed by atoms with van der Waals surface area (Å²) < 4.78 is 41.6. The summed E-state index contributed by atoms with van der Waals surface area (Å²) in [4.78, 5) is 19.4. The first kappa shape index (κ1) is 25.6. The van der Waals surface area contributed by atoms with Crippen LogP contribution in [-0.2, 0) is 11.2 Å². The Morgan fingerprint density at radius 2 is 1.76 bits per heavy atom. The number of ether oxygens (including phenoxy) is 3. The number of halogens is 2. The van der Waals surface area contributed by atoms with Crippen molar-refractivity contribution < 1.29 is 32.9 Å². The monoisotopic (exact) mass is 509 g/mol. The maximum Gasteiger partial charge on any atom is 0.387 e. The standard InChI is InChI=1S/C27H25F2N3O5/c1-2-35-24-13-19(7-8-22(24)36-15-26(33)34)21-14-25(32-16-31-21)30-10-9-20-11-17-5-3-4-6-18(17)12-23(20)37-27(28)29/h3-8,11-14,16,27H,2,9-10,15H2,1H3,(H,33,34)(H,30,31,32). The van der Waals surface area contributed by atoms with E-state index in [1.165, 1.54) is 6.33 Å². The molecule has 0 radical (unpaired) electrons. The third-order valence-electron chi connectivity index (χ3n) is 5.40. The molecule has 0 spiro atoms. The number of nitrogens with zero attached hydrogens (tertiary/aromatic N) is 2. The lowest BCUT2D eigenvalue weighted by Crippen LogP contribution is -2.10. The van der Waals surface area contributed by atoms with Crippen molar-refractivity contribution in [3.05, 3.63) is 72.6 Å². The minimum Gasteiger partial charge on any atom is -0.490 e. The summed E-state index contributed by atoms with van der Waals surface area (Å²) in [5, 5.41) is 13.8. The molecule has 0 saturated carbocycles. The predicted octanol–water partition coefficient (Wildman–Crippen LogP) is 5.41. The van der Waals surface area contributed by atoms with Crippen LogP contribution in [0.1, 0.15) is 12.5 Å². The molecular weight excluding hydrogens is 484 g/mol. The van der Waals surface area contributed by atoms with E-state index < -0.39 is 19.2 Å². The van der Waals surface area contributed by atoms with Gasteiger partial charge < -0.3 is 24.6 Å². The van der Waals surface area contributed by atoms with Crippen LogP contribution in [0.5, 0.6) is 17.2 Å². The molecule has 192 valence electrons. The highest BCUT2D eigenvalue weighted by Crippen LogP contribution is 2.33. The van der Waals surface area contributed by atoms with Crippen molar-refractivity contribution >= 4 is 22.6 Å². The SMILES string of the molecule is CCOc1cc(-c2cc(NCCc3cc4ccccc4cc3OC(F)F)ncn2)ccc1OCC(=O)O. The number of hydrogen-bond acceptors (Lipinski definition) is 7. The summed E-state index contributed by atoms with van der Waals surface area (Å²) in [6, 6.07) is 17.8. The summed E-state index contributed by atoms with van der Waals surface area (Å²) in [5.41, 5.74) is 1.98. The van der Waals surface area contributed by atoms with Gasteiger partial charge in [0.25, 0.3) is 0 Å². The van der Waals surface area contributed by atoms with Crippen molar-refractivity contribution in [3.8, 4) is 28.5 Å². The van der Waals surface area contributed by atoms with Crippen LogP contribution in [0.25, 0.3) is 22.0 Å². The van der Waals surface area contributed by atoms with Gasteiger partial charge in [0.2, 0.25) is 0 Å². The minimum absolute atomic E-state index is 0.146. The van der Waals surface area contributed by atoms with E-state index in [0.29, 0.717) is 48.1 Å². The number of carbonyl (C=O) groups is 1. The zero-order valence-electron chi connectivity index (χ0n) is 20.0. The number of carboxylic acids is 1. The normalized spacial score (nSPS) is 10.9. The van der Waals surface area contributed by atoms with Crippen molar-refractivity contribution in [2.75, 3.05) is 25.1 Å². The van der Waals surface area contributed by atoms with Crippen LogP contribution >= 0.6 is 0 Å². The third-order valence-corrected chi connectivity index (χ3v) is 5.40. The number of fused-ring (bicyclic) bond motifs is 1. The number of nitrogens with one attached hydrogen (secondary N) is 1. The lowest BCUT2D eigenvalue weighted by Gasteiger charge is -2.14. The highest BCUT2D eigenvalue weighted by atomic mass is 19.3. The van der Waals surface area contributed by atoms with Gasteiger partial charge >= 0.3 is 12.6 Å². The van der Waals surface area contributed by atoms with Crippen LogP contribution in [-0.4, -0.2) is 47.4 Å². The summed E-state index contributed by atoms with van der Waals surface area (Å²) in [5.74, 6) is 0.322. The molecule has 0 unspecified atom stereocenters. The molecule has 0 atom stereocenters. The van der Waals surface area contributed by atoms with Crippen LogP contribution in [0, 0.1) is 0 Å². The Kier molecular flexibility index (Phi) is 8.29. The van der Waals surface area contributed by atoms with Crippen molar-refractivity contribution in [1.29, 1.82) is 0 Å². The summed E-state index contributed by atoms with van der Waals surface area (Å²) in [6.07, 6.45) is 1.84. The Bertz CT molecular complexity index is 1380. The van der Waals surface area contributed by atoms with Crippen LogP contribution in [0.3, 0.4) is 0 Å². The number of benzene rings is 3. The third kappa shape index (κ3) is 6.81. The fourth-order valence-corrected chi connectivity index (χ4v) is 3.80. The van der Waals surface area contributed by atoms with Crippen LogP contribution < -0.4 is 19.5 Å². The molecule has 1 aromatic heterocycles. The van der Waals surface area contributed by atoms with Crippen LogP contribution in [0.15, 0.2) is 67.0 Å². The van der Waals surface area contributed by atoms with Gasteiger partial charge in [0.05, 0.1) is 12.3 Å². The molecule has 0 fully saturated rings. The molecule has 8 nitrogen and oxygen atoms in total. The van der Waals surface area contributed by atoms with Crippen molar-refractivity contribution in [3.63, 3.8) is 0 Å². The average Bonchev–Trinajstić information content (AvgIpc) is 2.88. The molecule has 1 heterocycles. The Labute approximate surface area is 211 Å². The summed E-state index contributed by atoms with van der Waals surface area (Å²) in [7, 11) is 0. The Balaban J connectivity index is 1.48. The Hall–Kier alpha value is -4.47. The molecule has 0 aliphatic heterocycles. The molecule has 0 amide bonds. The maximum absolute atomic E-state index is 13.0. The van der Waals surface area contributed by atoms with Gasteiger partial charge in [-0.05, 0) is 60.0 Å². The smallest absolute Gasteiger partial charge is 0.387 e. The second-order valence-corrected chi connectivity index (χ2v) is 7.93. The van der Waals surface area contributed by atoms with E-state index in [1.807, 2.05) is 37.3 Å². The lowest BCUT2D eigenvalue weighted by atomic mass is 10.0. The van der Waals surface area contributed by atoms with Crippen molar-refractivity contribution in [1.82, 2.24) is 9.97 Å². The van der Waals surface area contributed by atoms with Crippen LogP contribution in [0.4, 0.5) is 14.6 Å². The fourth-order valence-electron chi connectivity index (χ4n) is 3.80. The number of aromatic nitrogens is 2. The van der Waals surface area contributed by atoms with Gasteiger partial charge in [-0.3, -0.25) is 0 Å². The molecule has 4 rings (SSSR count). The van der Waals surface area contributed by atoms with E-state index in [2.05, 4.69) is 15.3 Å². The Morgan fingerprint density at radius 3 is 2.49 bits per heavy atom. The second kappa shape index (κ2) is 12.0. The first-order valence-electron chi connectivity index (χ1n) is 11.6. The number of alkyl halides is 2. The topological polar surface area (TPSA) is 103 Å². The predicted molar refractivity (Wildman–Crippen MR) is 135 cm³/mol. The number of anilines is 1. The molecule has 4 aromatic rings. The highest BCUT2D eigenvalue weighted by molar-refractivity contribution is 5.85. The van der Waals surface area contributed by atoms with E-state index in [9.17, 15) is 13.6 Å². The average molecular weight is 510 g/mol. The molecule has 0 aliphatic rings. The molecule has 0 bridgehead atoms. The highest BCUT2D eigenvalue weighted by Gasteiger charge is 2.13.